The number of amides is 1. The minimum atomic E-state index is -0.564. The van der Waals surface area contributed by atoms with E-state index in [4.69, 9.17) is 11.6 Å². The third-order valence-corrected chi connectivity index (χ3v) is 3.85. The van der Waals surface area contributed by atoms with Gasteiger partial charge in [-0.05, 0) is 36.4 Å². The van der Waals surface area contributed by atoms with Crippen LogP contribution in [0.3, 0.4) is 0 Å². The number of methoxy groups -OCH3 is 1. The smallest absolute Gasteiger partial charge is 0.339 e. The number of aromatic nitrogens is 1. The van der Waals surface area contributed by atoms with Crippen molar-refractivity contribution in [2.24, 2.45) is 0 Å². The summed E-state index contributed by atoms with van der Waals surface area (Å²) in [5.41, 5.74) is 1.87. The summed E-state index contributed by atoms with van der Waals surface area (Å²) in [6.07, 6.45) is 1.67. The van der Waals surface area contributed by atoms with Crippen LogP contribution >= 0.6 is 11.6 Å². The molecule has 5 nitrogen and oxygen atoms in total. The highest BCUT2D eigenvalue weighted by Crippen LogP contribution is 2.23. The van der Waals surface area contributed by atoms with Gasteiger partial charge in [0.2, 0.25) is 0 Å². The van der Waals surface area contributed by atoms with E-state index in [1.807, 2.05) is 12.1 Å². The first-order valence-corrected chi connectivity index (χ1v) is 7.51. The molecule has 120 valence electrons. The number of ether oxygens (including phenoxy) is 1. The Labute approximate surface area is 143 Å². The predicted octanol–water partition coefficient (Wildman–Crippen LogP) is 3.93. The van der Waals surface area contributed by atoms with Crippen molar-refractivity contribution in [3.8, 4) is 0 Å². The molecule has 0 aliphatic carbocycles. The monoisotopic (exact) mass is 340 g/mol. The van der Waals surface area contributed by atoms with E-state index in [1.54, 1.807) is 30.5 Å². The van der Waals surface area contributed by atoms with Crippen LogP contribution in [0.2, 0.25) is 5.02 Å². The number of nitrogens with zero attached hydrogens (tertiary/aromatic N) is 1. The number of benzene rings is 2. The lowest BCUT2D eigenvalue weighted by Crippen LogP contribution is -2.13. The van der Waals surface area contributed by atoms with E-state index in [9.17, 15) is 9.59 Å². The molecule has 0 saturated heterocycles. The standard InChI is InChI=1S/C18H13ClN2O3/c1-24-18(23)14-10-11(7-8-15(14)19)21-17(22)13-4-2-6-16-12(13)5-3-9-20-16/h2-10H,1H3,(H,21,22). The number of nitrogens with one attached hydrogen (secondary N) is 1. The minimum absolute atomic E-state index is 0.191. The highest BCUT2D eigenvalue weighted by Gasteiger charge is 2.14. The Kier molecular flexibility index (Phi) is 4.44. The first-order valence-electron chi connectivity index (χ1n) is 7.13. The lowest BCUT2D eigenvalue weighted by atomic mass is 10.1. The lowest BCUT2D eigenvalue weighted by Gasteiger charge is -2.09. The molecule has 0 spiro atoms. The van der Waals surface area contributed by atoms with Gasteiger partial charge >= 0.3 is 5.97 Å². The van der Waals surface area contributed by atoms with Crippen LogP contribution in [-0.2, 0) is 4.74 Å². The zero-order chi connectivity index (χ0) is 17.1. The van der Waals surface area contributed by atoms with E-state index >= 15 is 0 Å². The molecule has 1 heterocycles. The second-order valence-corrected chi connectivity index (χ2v) is 5.42. The summed E-state index contributed by atoms with van der Waals surface area (Å²) >= 11 is 5.98. The average molecular weight is 341 g/mol. The van der Waals surface area contributed by atoms with Crippen molar-refractivity contribution < 1.29 is 14.3 Å². The molecule has 2 aromatic carbocycles. The first kappa shape index (κ1) is 16.0. The van der Waals surface area contributed by atoms with Crippen LogP contribution in [0.15, 0.2) is 54.7 Å². The van der Waals surface area contributed by atoms with Gasteiger partial charge in [0.15, 0.2) is 0 Å². The maximum atomic E-state index is 12.6. The molecule has 1 aromatic heterocycles. The molecule has 3 rings (SSSR count). The SMILES string of the molecule is COC(=O)c1cc(NC(=O)c2cccc3ncccc23)ccc1Cl. The van der Waals surface area contributed by atoms with E-state index in [2.05, 4.69) is 15.0 Å². The van der Waals surface area contributed by atoms with Gasteiger partial charge in [0.1, 0.15) is 0 Å². The Morgan fingerprint density at radius 3 is 2.71 bits per heavy atom. The van der Waals surface area contributed by atoms with Crippen LogP contribution < -0.4 is 5.32 Å². The summed E-state index contributed by atoms with van der Waals surface area (Å²) in [6.45, 7) is 0. The second-order valence-electron chi connectivity index (χ2n) is 5.02. The molecule has 24 heavy (non-hydrogen) atoms. The summed E-state index contributed by atoms with van der Waals surface area (Å²) in [5.74, 6) is -0.864. The highest BCUT2D eigenvalue weighted by molar-refractivity contribution is 6.33. The number of hydrogen-bond donors (Lipinski definition) is 1. The van der Waals surface area contributed by atoms with Gasteiger partial charge < -0.3 is 10.1 Å². The summed E-state index contributed by atoms with van der Waals surface area (Å²) in [5, 5.41) is 3.77. The number of rotatable bonds is 3. The van der Waals surface area contributed by atoms with E-state index < -0.39 is 5.97 Å². The van der Waals surface area contributed by atoms with Crippen molar-refractivity contribution >= 4 is 40.1 Å². The van der Waals surface area contributed by atoms with Gasteiger partial charge in [-0.15, -0.1) is 0 Å². The number of carbonyl (C=O) groups excluding carboxylic acids is 2. The molecule has 6 heteroatoms. The van der Waals surface area contributed by atoms with Crippen LogP contribution in [0.25, 0.3) is 10.9 Å². The molecule has 0 fully saturated rings. The molecular weight excluding hydrogens is 328 g/mol. The first-order chi connectivity index (χ1) is 11.6. The van der Waals surface area contributed by atoms with Gasteiger partial charge in [0.25, 0.3) is 5.91 Å². The third-order valence-electron chi connectivity index (χ3n) is 3.52. The van der Waals surface area contributed by atoms with E-state index in [0.717, 1.165) is 10.9 Å². The predicted molar refractivity (Wildman–Crippen MR) is 92.5 cm³/mol. The third kappa shape index (κ3) is 3.07. The second kappa shape index (κ2) is 6.68. The average Bonchev–Trinajstić information content (AvgIpc) is 2.62. The largest absolute Gasteiger partial charge is 0.465 e. The zero-order valence-corrected chi connectivity index (χ0v) is 13.5. The van der Waals surface area contributed by atoms with Crippen molar-refractivity contribution in [3.63, 3.8) is 0 Å². The van der Waals surface area contributed by atoms with Gasteiger partial charge in [-0.25, -0.2) is 4.79 Å². The van der Waals surface area contributed by atoms with Crippen LogP contribution in [0.4, 0.5) is 5.69 Å². The van der Waals surface area contributed by atoms with Crippen LogP contribution in [0.1, 0.15) is 20.7 Å². The van der Waals surface area contributed by atoms with Gasteiger partial charge in [-0.1, -0.05) is 23.7 Å². The fraction of sp³-hybridized carbons (Fsp3) is 0.0556. The molecule has 0 atom stereocenters. The highest BCUT2D eigenvalue weighted by atomic mass is 35.5. The summed E-state index contributed by atoms with van der Waals surface area (Å²) in [7, 11) is 1.27. The Bertz CT molecular complexity index is 935. The minimum Gasteiger partial charge on any atom is -0.465 e. The molecule has 0 aliphatic heterocycles. The molecule has 0 radical (unpaired) electrons. The molecule has 0 aliphatic rings. The molecule has 0 saturated carbocycles. The van der Waals surface area contributed by atoms with Crippen molar-refractivity contribution in [1.29, 1.82) is 0 Å². The molecule has 1 amide bonds. The molecule has 1 N–H and O–H groups in total. The van der Waals surface area contributed by atoms with E-state index in [1.165, 1.54) is 19.2 Å². The molecule has 0 unspecified atom stereocenters. The fourth-order valence-electron chi connectivity index (χ4n) is 2.37. The van der Waals surface area contributed by atoms with Crippen molar-refractivity contribution in [1.82, 2.24) is 4.98 Å². The number of anilines is 1. The van der Waals surface area contributed by atoms with E-state index in [-0.39, 0.29) is 16.5 Å². The van der Waals surface area contributed by atoms with Crippen molar-refractivity contribution in [2.75, 3.05) is 12.4 Å². The maximum absolute atomic E-state index is 12.6. The number of fused-ring (bicyclic) bond motifs is 1. The Morgan fingerprint density at radius 1 is 1.08 bits per heavy atom. The lowest BCUT2D eigenvalue weighted by molar-refractivity contribution is 0.0600. The quantitative estimate of drug-likeness (QED) is 0.733. The normalized spacial score (nSPS) is 10.4. The van der Waals surface area contributed by atoms with Crippen LogP contribution in [-0.4, -0.2) is 24.0 Å². The van der Waals surface area contributed by atoms with Gasteiger partial charge in [0.05, 0.1) is 23.2 Å². The molecule has 0 bridgehead atoms. The number of esters is 1. The summed E-state index contributed by atoms with van der Waals surface area (Å²) in [4.78, 5) is 28.5. The van der Waals surface area contributed by atoms with E-state index in [0.29, 0.717) is 11.3 Å². The van der Waals surface area contributed by atoms with Crippen molar-refractivity contribution in [2.45, 2.75) is 0 Å². The summed E-state index contributed by atoms with van der Waals surface area (Å²) in [6, 6.07) is 13.6. The maximum Gasteiger partial charge on any atom is 0.339 e. The Morgan fingerprint density at radius 2 is 1.92 bits per heavy atom. The van der Waals surface area contributed by atoms with Gasteiger partial charge in [0, 0.05) is 22.8 Å². The Balaban J connectivity index is 1.93. The van der Waals surface area contributed by atoms with Gasteiger partial charge in [-0.3, -0.25) is 9.78 Å². The Hall–Kier alpha value is -2.92. The topological polar surface area (TPSA) is 68.3 Å². The fourth-order valence-corrected chi connectivity index (χ4v) is 2.56. The van der Waals surface area contributed by atoms with Crippen LogP contribution in [0.5, 0.6) is 0 Å². The number of pyridine rings is 1. The number of carbonyl (C=O) groups is 2. The number of hydrogen-bond acceptors (Lipinski definition) is 4. The summed E-state index contributed by atoms with van der Waals surface area (Å²) < 4.78 is 4.68. The zero-order valence-electron chi connectivity index (χ0n) is 12.7. The molecular formula is C18H13ClN2O3. The molecule has 3 aromatic rings. The number of halogens is 1. The van der Waals surface area contributed by atoms with Crippen molar-refractivity contribution in [3.05, 3.63) is 70.9 Å². The van der Waals surface area contributed by atoms with Gasteiger partial charge in [-0.2, -0.15) is 0 Å². The van der Waals surface area contributed by atoms with Crippen LogP contribution in [0, 0.1) is 0 Å².